The van der Waals surface area contributed by atoms with Gasteiger partial charge in [0, 0.05) is 35.6 Å². The minimum atomic E-state index is -3.83. The lowest BCUT2D eigenvalue weighted by atomic mass is 10.1. The molecule has 39 heavy (non-hydrogen) atoms. The highest BCUT2D eigenvalue weighted by atomic mass is 35.5. The highest BCUT2D eigenvalue weighted by Gasteiger charge is 2.15. The molecule has 8 nitrogen and oxygen atoms in total. The number of rotatable bonds is 6. The number of halogens is 1. The van der Waals surface area contributed by atoms with Gasteiger partial charge in [0.25, 0.3) is 10.0 Å². The van der Waals surface area contributed by atoms with Gasteiger partial charge in [0.2, 0.25) is 0 Å². The van der Waals surface area contributed by atoms with Crippen LogP contribution in [0.15, 0.2) is 109 Å². The second-order valence-corrected chi connectivity index (χ2v) is 11.1. The lowest BCUT2D eigenvalue weighted by Gasteiger charge is -2.10. The number of sulfonamides is 1. The lowest BCUT2D eigenvalue weighted by molar-refractivity contribution is 0.601. The van der Waals surface area contributed by atoms with Crippen LogP contribution in [0.5, 0.6) is 0 Å². The second kappa shape index (κ2) is 9.94. The first kappa shape index (κ1) is 24.7. The SMILES string of the molecule is Cn1cc(-c2cnc3ccc(-c4cncc(NS(=O)(=O)c5ccc(-c6ccc(Cl)cc6)cc5)c4)cc3n2)cn1. The van der Waals surface area contributed by atoms with Crippen LogP contribution in [0, 0.1) is 0 Å². The van der Waals surface area contributed by atoms with Gasteiger partial charge in [0.15, 0.2) is 0 Å². The first-order valence-electron chi connectivity index (χ1n) is 11.9. The van der Waals surface area contributed by atoms with Crippen LogP contribution in [-0.2, 0) is 17.1 Å². The van der Waals surface area contributed by atoms with Crippen LogP contribution in [-0.4, -0.2) is 33.2 Å². The van der Waals surface area contributed by atoms with Crippen LogP contribution >= 0.6 is 11.6 Å². The third-order valence-corrected chi connectivity index (χ3v) is 7.86. The van der Waals surface area contributed by atoms with Gasteiger partial charge in [-0.15, -0.1) is 0 Å². The zero-order chi connectivity index (χ0) is 27.0. The van der Waals surface area contributed by atoms with E-state index in [1.165, 1.54) is 6.20 Å². The molecule has 0 aliphatic heterocycles. The molecule has 192 valence electrons. The van der Waals surface area contributed by atoms with Gasteiger partial charge in [-0.25, -0.2) is 13.4 Å². The average Bonchev–Trinajstić information content (AvgIpc) is 3.39. The number of aryl methyl sites for hydroxylation is 1. The fourth-order valence-corrected chi connectivity index (χ4v) is 5.38. The molecule has 0 aliphatic rings. The van der Waals surface area contributed by atoms with Crippen LogP contribution in [0.4, 0.5) is 5.69 Å². The number of anilines is 1. The van der Waals surface area contributed by atoms with E-state index in [0.717, 1.165) is 39.0 Å². The first-order chi connectivity index (χ1) is 18.8. The highest BCUT2D eigenvalue weighted by Crippen LogP contribution is 2.28. The van der Waals surface area contributed by atoms with Crippen molar-refractivity contribution in [3.05, 3.63) is 109 Å². The Morgan fingerprint density at radius 2 is 1.46 bits per heavy atom. The molecule has 3 aromatic heterocycles. The molecule has 0 aliphatic carbocycles. The van der Waals surface area contributed by atoms with Crippen molar-refractivity contribution in [2.24, 2.45) is 7.05 Å². The molecular formula is C29H21ClN6O2S. The van der Waals surface area contributed by atoms with Crippen molar-refractivity contribution in [3.63, 3.8) is 0 Å². The van der Waals surface area contributed by atoms with E-state index in [9.17, 15) is 8.42 Å². The van der Waals surface area contributed by atoms with Gasteiger partial charge < -0.3 is 0 Å². The van der Waals surface area contributed by atoms with E-state index in [1.54, 1.807) is 65.7 Å². The Kier molecular flexibility index (Phi) is 6.30. The number of hydrogen-bond acceptors (Lipinski definition) is 6. The summed E-state index contributed by atoms with van der Waals surface area (Å²) in [7, 11) is -1.98. The normalized spacial score (nSPS) is 11.5. The molecule has 0 amide bonds. The molecule has 0 bridgehead atoms. The summed E-state index contributed by atoms with van der Waals surface area (Å²) in [6.07, 6.45) is 8.50. The van der Waals surface area contributed by atoms with E-state index in [4.69, 9.17) is 16.6 Å². The molecule has 10 heteroatoms. The molecule has 6 aromatic rings. The van der Waals surface area contributed by atoms with Crippen molar-refractivity contribution in [2.75, 3.05) is 4.72 Å². The van der Waals surface area contributed by atoms with E-state index in [2.05, 4.69) is 19.8 Å². The van der Waals surface area contributed by atoms with Gasteiger partial charge in [-0.2, -0.15) is 5.10 Å². The zero-order valence-corrected chi connectivity index (χ0v) is 22.2. The summed E-state index contributed by atoms with van der Waals surface area (Å²) in [5, 5.41) is 4.84. The molecule has 3 heterocycles. The quantitative estimate of drug-likeness (QED) is 0.263. The third-order valence-electron chi connectivity index (χ3n) is 6.21. The van der Waals surface area contributed by atoms with Crippen molar-refractivity contribution in [3.8, 4) is 33.5 Å². The van der Waals surface area contributed by atoms with Gasteiger partial charge in [-0.3, -0.25) is 19.4 Å². The van der Waals surface area contributed by atoms with E-state index in [1.807, 2.05) is 43.6 Å². The van der Waals surface area contributed by atoms with Gasteiger partial charge in [0.1, 0.15) is 0 Å². The Hall–Kier alpha value is -4.60. The van der Waals surface area contributed by atoms with Crippen molar-refractivity contribution >= 4 is 38.3 Å². The summed E-state index contributed by atoms with van der Waals surface area (Å²) in [6, 6.07) is 21.5. The van der Waals surface area contributed by atoms with Gasteiger partial charge >= 0.3 is 0 Å². The molecule has 0 atom stereocenters. The number of fused-ring (bicyclic) bond motifs is 1. The van der Waals surface area contributed by atoms with Gasteiger partial charge in [-0.05, 0) is 59.2 Å². The molecule has 0 fully saturated rings. The fraction of sp³-hybridized carbons (Fsp3) is 0.0345. The van der Waals surface area contributed by atoms with E-state index < -0.39 is 10.0 Å². The predicted molar refractivity (Wildman–Crippen MR) is 153 cm³/mol. The summed E-state index contributed by atoms with van der Waals surface area (Å²) in [5.74, 6) is 0. The molecule has 0 saturated carbocycles. The number of hydrogen-bond donors (Lipinski definition) is 1. The number of nitrogens with zero attached hydrogens (tertiary/aromatic N) is 5. The maximum atomic E-state index is 13.1. The Bertz CT molecular complexity index is 1920. The monoisotopic (exact) mass is 552 g/mol. The fourth-order valence-electron chi connectivity index (χ4n) is 4.22. The van der Waals surface area contributed by atoms with Crippen molar-refractivity contribution < 1.29 is 8.42 Å². The maximum absolute atomic E-state index is 13.1. The topological polar surface area (TPSA) is 103 Å². The smallest absolute Gasteiger partial charge is 0.261 e. The van der Waals surface area contributed by atoms with Gasteiger partial charge in [0.05, 0.1) is 45.9 Å². The van der Waals surface area contributed by atoms with Crippen LogP contribution < -0.4 is 4.72 Å². The van der Waals surface area contributed by atoms with Crippen molar-refractivity contribution in [1.29, 1.82) is 0 Å². The van der Waals surface area contributed by atoms with Crippen molar-refractivity contribution in [2.45, 2.75) is 4.90 Å². The molecule has 0 radical (unpaired) electrons. The second-order valence-electron chi connectivity index (χ2n) is 8.96. The largest absolute Gasteiger partial charge is 0.278 e. The van der Waals surface area contributed by atoms with Crippen LogP contribution in [0.2, 0.25) is 5.02 Å². The summed E-state index contributed by atoms with van der Waals surface area (Å²) in [4.78, 5) is 13.7. The highest BCUT2D eigenvalue weighted by molar-refractivity contribution is 7.92. The molecule has 0 saturated heterocycles. The van der Waals surface area contributed by atoms with E-state index in [0.29, 0.717) is 16.2 Å². The molecule has 0 spiro atoms. The summed E-state index contributed by atoms with van der Waals surface area (Å²) >= 11 is 5.97. The van der Waals surface area contributed by atoms with E-state index in [-0.39, 0.29) is 4.90 Å². The minimum Gasteiger partial charge on any atom is -0.278 e. The van der Waals surface area contributed by atoms with E-state index >= 15 is 0 Å². The van der Waals surface area contributed by atoms with Crippen LogP contribution in [0.1, 0.15) is 0 Å². The molecule has 6 rings (SSSR count). The summed E-state index contributed by atoms with van der Waals surface area (Å²) in [5.41, 5.74) is 6.81. The molecule has 0 unspecified atom stereocenters. The Morgan fingerprint density at radius 3 is 2.18 bits per heavy atom. The van der Waals surface area contributed by atoms with Crippen molar-refractivity contribution in [1.82, 2.24) is 24.7 Å². The Morgan fingerprint density at radius 1 is 0.744 bits per heavy atom. The average molecular weight is 553 g/mol. The lowest BCUT2D eigenvalue weighted by Crippen LogP contribution is -2.13. The maximum Gasteiger partial charge on any atom is 0.261 e. The van der Waals surface area contributed by atoms with Crippen LogP contribution in [0.25, 0.3) is 44.5 Å². The number of benzene rings is 3. The number of nitrogens with one attached hydrogen (secondary N) is 1. The Balaban J connectivity index is 1.25. The molecular weight excluding hydrogens is 532 g/mol. The molecule has 3 aromatic carbocycles. The standard InChI is InChI=1S/C29H21ClN6O2S/c1-36-18-23(15-33-36)29-17-32-27-11-6-21(13-28(27)34-29)22-12-25(16-31-14-22)35-39(37,38)26-9-4-20(5-10-26)19-2-7-24(30)8-3-19/h2-18,35H,1H3. The summed E-state index contributed by atoms with van der Waals surface area (Å²) < 4.78 is 30.6. The van der Waals surface area contributed by atoms with Gasteiger partial charge in [-0.1, -0.05) is 41.9 Å². The first-order valence-corrected chi connectivity index (χ1v) is 13.8. The zero-order valence-electron chi connectivity index (χ0n) is 20.7. The Labute approximate surface area is 230 Å². The third kappa shape index (κ3) is 5.22. The molecule has 1 N–H and O–H groups in total. The van der Waals surface area contributed by atoms with Crippen LogP contribution in [0.3, 0.4) is 0 Å². The minimum absolute atomic E-state index is 0.148. The number of aromatic nitrogens is 5. The number of pyridine rings is 1. The predicted octanol–water partition coefficient (Wildman–Crippen LogP) is 6.21. The summed E-state index contributed by atoms with van der Waals surface area (Å²) in [6.45, 7) is 0.